The van der Waals surface area contributed by atoms with Crippen LogP contribution in [0.5, 0.6) is 0 Å². The SMILES string of the molecule is O=C(O)CCn1c(C2CCCOC2)nc2ccccc21. The summed E-state index contributed by atoms with van der Waals surface area (Å²) in [4.78, 5) is 15.6. The Labute approximate surface area is 117 Å². The molecule has 1 saturated heterocycles. The van der Waals surface area contributed by atoms with Crippen LogP contribution in [-0.2, 0) is 16.1 Å². The Kier molecular flexibility index (Phi) is 3.69. The molecule has 0 saturated carbocycles. The molecule has 1 N–H and O–H groups in total. The number of hydrogen-bond donors (Lipinski definition) is 1. The molecule has 5 nitrogen and oxygen atoms in total. The summed E-state index contributed by atoms with van der Waals surface area (Å²) in [6, 6.07) is 7.89. The Morgan fingerprint density at radius 3 is 3.05 bits per heavy atom. The summed E-state index contributed by atoms with van der Waals surface area (Å²) in [5.74, 6) is 0.450. The van der Waals surface area contributed by atoms with Crippen LogP contribution < -0.4 is 0 Å². The van der Waals surface area contributed by atoms with Crippen molar-refractivity contribution in [3.05, 3.63) is 30.1 Å². The number of aryl methyl sites for hydroxylation is 1. The third kappa shape index (κ3) is 2.54. The van der Waals surface area contributed by atoms with Gasteiger partial charge in [-0.15, -0.1) is 0 Å². The van der Waals surface area contributed by atoms with Gasteiger partial charge in [-0.1, -0.05) is 12.1 Å². The van der Waals surface area contributed by atoms with Gasteiger partial charge in [-0.2, -0.15) is 0 Å². The lowest BCUT2D eigenvalue weighted by molar-refractivity contribution is -0.137. The molecule has 1 aliphatic heterocycles. The first-order chi connectivity index (χ1) is 9.75. The van der Waals surface area contributed by atoms with Gasteiger partial charge in [0.25, 0.3) is 0 Å². The number of hydrogen-bond acceptors (Lipinski definition) is 3. The summed E-state index contributed by atoms with van der Waals surface area (Å²) in [7, 11) is 0. The minimum Gasteiger partial charge on any atom is -0.481 e. The van der Waals surface area contributed by atoms with E-state index in [1.165, 1.54) is 0 Å². The number of carboxylic acids is 1. The van der Waals surface area contributed by atoms with Crippen molar-refractivity contribution >= 4 is 17.0 Å². The van der Waals surface area contributed by atoms with Crippen molar-refractivity contribution in [2.75, 3.05) is 13.2 Å². The fourth-order valence-electron chi connectivity index (χ4n) is 2.79. The molecule has 1 atom stereocenters. The maximum atomic E-state index is 10.9. The van der Waals surface area contributed by atoms with Crippen LogP contribution in [0.1, 0.15) is 31.0 Å². The number of aromatic nitrogens is 2. The molecular weight excluding hydrogens is 256 g/mol. The van der Waals surface area contributed by atoms with Crippen molar-refractivity contribution in [2.24, 2.45) is 0 Å². The molecule has 3 rings (SSSR count). The molecule has 2 heterocycles. The van der Waals surface area contributed by atoms with Crippen LogP contribution in [0.3, 0.4) is 0 Å². The number of carbonyl (C=O) groups is 1. The Bertz CT molecular complexity index is 615. The molecule has 1 aromatic heterocycles. The number of aliphatic carboxylic acids is 1. The average Bonchev–Trinajstić information content (AvgIpc) is 2.84. The summed E-state index contributed by atoms with van der Waals surface area (Å²) in [5, 5.41) is 8.93. The van der Waals surface area contributed by atoms with Crippen molar-refractivity contribution in [2.45, 2.75) is 31.7 Å². The molecule has 5 heteroatoms. The highest BCUT2D eigenvalue weighted by Gasteiger charge is 2.23. The number of ether oxygens (including phenoxy) is 1. The van der Waals surface area contributed by atoms with Crippen molar-refractivity contribution in [1.82, 2.24) is 9.55 Å². The summed E-state index contributed by atoms with van der Waals surface area (Å²) < 4.78 is 7.59. The standard InChI is InChI=1S/C15H18N2O3/c18-14(19)7-8-17-13-6-2-1-5-12(13)16-15(17)11-4-3-9-20-10-11/h1-2,5-6,11H,3-4,7-10H2,(H,18,19). The van der Waals surface area contributed by atoms with E-state index >= 15 is 0 Å². The van der Waals surface area contributed by atoms with Gasteiger partial charge in [0.15, 0.2) is 0 Å². The monoisotopic (exact) mass is 274 g/mol. The van der Waals surface area contributed by atoms with Crippen LogP contribution in [-0.4, -0.2) is 33.8 Å². The second kappa shape index (κ2) is 5.63. The number of rotatable bonds is 4. The third-order valence-electron chi connectivity index (χ3n) is 3.76. The zero-order chi connectivity index (χ0) is 13.9. The van der Waals surface area contributed by atoms with Gasteiger partial charge in [0, 0.05) is 19.1 Å². The lowest BCUT2D eigenvalue weighted by Gasteiger charge is -2.22. The van der Waals surface area contributed by atoms with Gasteiger partial charge >= 0.3 is 5.97 Å². The van der Waals surface area contributed by atoms with Crippen molar-refractivity contribution in [1.29, 1.82) is 0 Å². The molecule has 1 fully saturated rings. The first-order valence-electron chi connectivity index (χ1n) is 7.00. The molecule has 0 bridgehead atoms. The van der Waals surface area contributed by atoms with Gasteiger partial charge < -0.3 is 14.4 Å². The molecule has 0 radical (unpaired) electrons. The Morgan fingerprint density at radius 1 is 1.45 bits per heavy atom. The molecule has 106 valence electrons. The van der Waals surface area contributed by atoms with Gasteiger partial charge in [-0.3, -0.25) is 4.79 Å². The molecule has 0 spiro atoms. The van der Waals surface area contributed by atoms with E-state index in [4.69, 9.17) is 14.8 Å². The van der Waals surface area contributed by atoms with Crippen LogP contribution in [0, 0.1) is 0 Å². The van der Waals surface area contributed by atoms with Crippen LogP contribution in [0.2, 0.25) is 0 Å². The maximum Gasteiger partial charge on any atom is 0.305 e. The van der Waals surface area contributed by atoms with Gasteiger partial charge in [-0.05, 0) is 25.0 Å². The number of nitrogens with zero attached hydrogens (tertiary/aromatic N) is 2. The number of benzene rings is 1. The summed E-state index contributed by atoms with van der Waals surface area (Å²) in [6.07, 6.45) is 2.20. The molecule has 1 aliphatic rings. The van der Waals surface area contributed by atoms with Gasteiger partial charge in [0.1, 0.15) is 5.82 Å². The van der Waals surface area contributed by atoms with Gasteiger partial charge in [0.2, 0.25) is 0 Å². The van der Waals surface area contributed by atoms with Crippen LogP contribution in [0.4, 0.5) is 0 Å². The average molecular weight is 274 g/mol. The van der Waals surface area contributed by atoms with E-state index in [2.05, 4.69) is 0 Å². The lowest BCUT2D eigenvalue weighted by atomic mass is 10.0. The van der Waals surface area contributed by atoms with Crippen molar-refractivity contribution < 1.29 is 14.6 Å². The fourth-order valence-corrected chi connectivity index (χ4v) is 2.79. The highest BCUT2D eigenvalue weighted by molar-refractivity contribution is 5.76. The number of fused-ring (bicyclic) bond motifs is 1. The predicted molar refractivity (Wildman–Crippen MR) is 74.8 cm³/mol. The number of para-hydroxylation sites is 2. The molecule has 0 amide bonds. The zero-order valence-electron chi connectivity index (χ0n) is 11.3. The third-order valence-corrected chi connectivity index (χ3v) is 3.76. The highest BCUT2D eigenvalue weighted by atomic mass is 16.5. The van der Waals surface area contributed by atoms with Gasteiger partial charge in [0.05, 0.1) is 24.1 Å². The lowest BCUT2D eigenvalue weighted by Crippen LogP contribution is -2.20. The first-order valence-corrected chi connectivity index (χ1v) is 7.00. The van der Waals surface area contributed by atoms with E-state index in [1.807, 2.05) is 28.8 Å². The van der Waals surface area contributed by atoms with E-state index < -0.39 is 5.97 Å². The minimum absolute atomic E-state index is 0.112. The van der Waals surface area contributed by atoms with Crippen LogP contribution in [0.15, 0.2) is 24.3 Å². The second-order valence-corrected chi connectivity index (χ2v) is 5.17. The Hall–Kier alpha value is -1.88. The highest BCUT2D eigenvalue weighted by Crippen LogP contribution is 2.28. The molecular formula is C15H18N2O3. The van der Waals surface area contributed by atoms with E-state index in [-0.39, 0.29) is 12.3 Å². The molecule has 20 heavy (non-hydrogen) atoms. The van der Waals surface area contributed by atoms with Crippen LogP contribution in [0.25, 0.3) is 11.0 Å². The van der Waals surface area contributed by atoms with E-state index in [0.29, 0.717) is 13.2 Å². The Balaban J connectivity index is 1.99. The summed E-state index contributed by atoms with van der Waals surface area (Å²) >= 11 is 0. The second-order valence-electron chi connectivity index (χ2n) is 5.17. The van der Waals surface area contributed by atoms with Crippen LogP contribution >= 0.6 is 0 Å². The zero-order valence-corrected chi connectivity index (χ0v) is 11.3. The quantitative estimate of drug-likeness (QED) is 0.929. The molecule has 0 aliphatic carbocycles. The molecule has 1 unspecified atom stereocenters. The summed E-state index contributed by atoms with van der Waals surface area (Å²) in [6.45, 7) is 1.95. The predicted octanol–water partition coefficient (Wildman–Crippen LogP) is 2.41. The normalized spacial score (nSPS) is 19.3. The number of carboxylic acid groups (broad SMARTS) is 1. The summed E-state index contributed by atoms with van der Waals surface area (Å²) in [5.41, 5.74) is 1.94. The number of imidazole rings is 1. The topological polar surface area (TPSA) is 64.3 Å². The van der Waals surface area contributed by atoms with E-state index in [9.17, 15) is 4.79 Å². The smallest absolute Gasteiger partial charge is 0.305 e. The fraction of sp³-hybridized carbons (Fsp3) is 0.467. The molecule has 1 aromatic carbocycles. The van der Waals surface area contributed by atoms with Crippen molar-refractivity contribution in [3.8, 4) is 0 Å². The van der Waals surface area contributed by atoms with Gasteiger partial charge in [-0.25, -0.2) is 4.98 Å². The maximum absolute atomic E-state index is 10.9. The largest absolute Gasteiger partial charge is 0.481 e. The van der Waals surface area contributed by atoms with E-state index in [0.717, 1.165) is 36.3 Å². The first kappa shape index (κ1) is 13.1. The van der Waals surface area contributed by atoms with E-state index in [1.54, 1.807) is 0 Å². The van der Waals surface area contributed by atoms with Crippen molar-refractivity contribution in [3.63, 3.8) is 0 Å². The Morgan fingerprint density at radius 2 is 2.30 bits per heavy atom. The minimum atomic E-state index is -0.784. The molecule has 2 aromatic rings.